The average molecular weight is 545 g/mol. The van der Waals surface area contributed by atoms with Crippen LogP contribution in [0.25, 0.3) is 0 Å². The van der Waals surface area contributed by atoms with E-state index in [9.17, 15) is 9.59 Å². The van der Waals surface area contributed by atoms with Crippen LogP contribution >= 0.6 is 0 Å². The quantitative estimate of drug-likeness (QED) is 0.210. The number of carbonyl (C=O) groups is 2. The summed E-state index contributed by atoms with van der Waals surface area (Å²) in [5.41, 5.74) is 20.5. The normalized spacial score (nSPS) is 24.8. The topological polar surface area (TPSA) is 173 Å². The van der Waals surface area contributed by atoms with Crippen molar-refractivity contribution in [3.8, 4) is 0 Å². The molecule has 2 aromatic carbocycles. The highest BCUT2D eigenvalue weighted by Gasteiger charge is 2.50. The van der Waals surface area contributed by atoms with Crippen LogP contribution in [-0.2, 0) is 31.0 Å². The van der Waals surface area contributed by atoms with Gasteiger partial charge in [0, 0.05) is 19.0 Å². The van der Waals surface area contributed by atoms with Crippen molar-refractivity contribution in [2.45, 2.75) is 58.3 Å². The van der Waals surface area contributed by atoms with E-state index in [0.29, 0.717) is 38.0 Å². The second kappa shape index (κ2) is 12.4. The molecule has 4 saturated carbocycles. The van der Waals surface area contributed by atoms with E-state index in [4.69, 9.17) is 17.2 Å². The fraction of sp³-hybridized carbons (Fsp3) is 0.467. The molecule has 10 nitrogen and oxygen atoms in total. The Hall–Kier alpha value is -4.08. The largest absolute Gasteiger partial charge is 0.370 e. The zero-order valence-corrected chi connectivity index (χ0v) is 22.8. The number of nitrogens with two attached hydrogens (primary N) is 3. The van der Waals surface area contributed by atoms with Gasteiger partial charge in [-0.2, -0.15) is 0 Å². The van der Waals surface area contributed by atoms with Gasteiger partial charge in [0.2, 0.25) is 5.91 Å². The van der Waals surface area contributed by atoms with E-state index in [1.807, 2.05) is 48.5 Å². The molecule has 0 atom stereocenters. The summed E-state index contributed by atoms with van der Waals surface area (Å²) in [6.45, 7) is 1.50. The van der Waals surface area contributed by atoms with Crippen LogP contribution in [0.3, 0.4) is 0 Å². The molecule has 40 heavy (non-hydrogen) atoms. The molecule has 0 unspecified atom stereocenters. The Morgan fingerprint density at radius 1 is 0.725 bits per heavy atom. The molecule has 4 aliphatic carbocycles. The molecule has 10 heteroatoms. The molecular formula is C30H40N8O2. The molecule has 0 saturated heterocycles. The van der Waals surface area contributed by atoms with Gasteiger partial charge < -0.3 is 27.8 Å². The summed E-state index contributed by atoms with van der Waals surface area (Å²) in [6, 6.07) is 15.1. The predicted octanol–water partition coefficient (Wildman–Crippen LogP) is 2.46. The number of aliphatic imine (C=N–C) groups is 2. The van der Waals surface area contributed by atoms with Crippen molar-refractivity contribution >= 4 is 23.9 Å². The van der Waals surface area contributed by atoms with E-state index in [0.717, 1.165) is 34.1 Å². The van der Waals surface area contributed by atoms with E-state index >= 15 is 0 Å². The first-order valence-electron chi connectivity index (χ1n) is 14.2. The SMILES string of the molecule is NC(N)=NCc1cccc(CNC(=O)NC(N)=NCc2cccc(CNC(=O)C3C4CC5CC(C4)CC3C5)c2)c1. The van der Waals surface area contributed by atoms with Gasteiger partial charge in [-0.15, -0.1) is 0 Å². The molecule has 3 amide bonds. The first-order valence-corrected chi connectivity index (χ1v) is 14.2. The second-order valence-electron chi connectivity index (χ2n) is 11.6. The second-order valence-corrected chi connectivity index (χ2v) is 11.6. The zero-order valence-electron chi connectivity index (χ0n) is 22.8. The lowest BCUT2D eigenvalue weighted by Gasteiger charge is -2.53. The van der Waals surface area contributed by atoms with Crippen LogP contribution in [0.15, 0.2) is 58.5 Å². The molecular weight excluding hydrogens is 504 g/mol. The summed E-state index contributed by atoms with van der Waals surface area (Å²) in [6.07, 6.45) is 6.33. The molecule has 0 radical (unpaired) electrons. The lowest BCUT2D eigenvalue weighted by Crippen LogP contribution is -2.50. The van der Waals surface area contributed by atoms with Gasteiger partial charge in [0.15, 0.2) is 11.9 Å². The first kappa shape index (κ1) is 27.5. The fourth-order valence-electron chi connectivity index (χ4n) is 7.08. The monoisotopic (exact) mass is 544 g/mol. The minimum absolute atomic E-state index is 0.0274. The maximum Gasteiger partial charge on any atom is 0.321 e. The molecule has 4 fully saturated rings. The number of amides is 3. The fourth-order valence-corrected chi connectivity index (χ4v) is 7.08. The Morgan fingerprint density at radius 2 is 1.25 bits per heavy atom. The average Bonchev–Trinajstić information content (AvgIpc) is 2.93. The van der Waals surface area contributed by atoms with E-state index < -0.39 is 6.03 Å². The van der Waals surface area contributed by atoms with Crippen molar-refractivity contribution in [1.29, 1.82) is 0 Å². The highest BCUT2D eigenvalue weighted by Crippen LogP contribution is 2.56. The smallest absolute Gasteiger partial charge is 0.321 e. The molecule has 2 aromatic rings. The number of carbonyl (C=O) groups excluding carboxylic acids is 2. The van der Waals surface area contributed by atoms with Crippen LogP contribution in [0, 0.1) is 29.6 Å². The Labute approximate surface area is 235 Å². The Morgan fingerprint density at radius 3 is 1.82 bits per heavy atom. The van der Waals surface area contributed by atoms with E-state index in [2.05, 4.69) is 25.9 Å². The highest BCUT2D eigenvalue weighted by atomic mass is 16.2. The van der Waals surface area contributed by atoms with Crippen molar-refractivity contribution in [2.24, 2.45) is 56.8 Å². The summed E-state index contributed by atoms with van der Waals surface area (Å²) in [4.78, 5) is 33.7. The van der Waals surface area contributed by atoms with Gasteiger partial charge in [0.25, 0.3) is 0 Å². The summed E-state index contributed by atoms with van der Waals surface area (Å²) in [7, 11) is 0. The van der Waals surface area contributed by atoms with E-state index in [1.54, 1.807) is 0 Å². The number of benzene rings is 2. The van der Waals surface area contributed by atoms with Crippen LogP contribution in [0.2, 0.25) is 0 Å². The molecule has 9 N–H and O–H groups in total. The minimum Gasteiger partial charge on any atom is -0.370 e. The van der Waals surface area contributed by atoms with Crippen LogP contribution in [-0.4, -0.2) is 23.9 Å². The molecule has 4 bridgehead atoms. The molecule has 0 aromatic heterocycles. The Kier molecular flexibility index (Phi) is 8.52. The maximum absolute atomic E-state index is 13.1. The van der Waals surface area contributed by atoms with Gasteiger partial charge in [-0.1, -0.05) is 48.5 Å². The van der Waals surface area contributed by atoms with Crippen LogP contribution in [0.5, 0.6) is 0 Å². The van der Waals surface area contributed by atoms with Crippen molar-refractivity contribution < 1.29 is 9.59 Å². The van der Waals surface area contributed by atoms with Gasteiger partial charge in [-0.05, 0) is 78.0 Å². The van der Waals surface area contributed by atoms with Gasteiger partial charge in [0.05, 0.1) is 13.1 Å². The van der Waals surface area contributed by atoms with Crippen LogP contribution in [0.1, 0.15) is 54.4 Å². The molecule has 212 valence electrons. The van der Waals surface area contributed by atoms with Crippen LogP contribution in [0.4, 0.5) is 4.79 Å². The molecule has 6 rings (SSSR count). The molecule has 0 spiro atoms. The predicted molar refractivity (Wildman–Crippen MR) is 155 cm³/mol. The van der Waals surface area contributed by atoms with Crippen molar-refractivity contribution in [1.82, 2.24) is 16.0 Å². The highest BCUT2D eigenvalue weighted by molar-refractivity contribution is 5.95. The Balaban J connectivity index is 1.06. The summed E-state index contributed by atoms with van der Waals surface area (Å²) < 4.78 is 0. The van der Waals surface area contributed by atoms with Crippen LogP contribution < -0.4 is 33.2 Å². The van der Waals surface area contributed by atoms with Gasteiger partial charge in [0.1, 0.15) is 0 Å². The number of nitrogens with zero attached hydrogens (tertiary/aromatic N) is 2. The molecule has 0 heterocycles. The van der Waals surface area contributed by atoms with Gasteiger partial charge in [-0.3, -0.25) is 10.1 Å². The molecule has 0 aliphatic heterocycles. The lowest BCUT2D eigenvalue weighted by atomic mass is 9.51. The summed E-state index contributed by atoms with van der Waals surface area (Å²) in [5.74, 6) is 3.33. The third-order valence-corrected chi connectivity index (χ3v) is 8.55. The Bertz CT molecular complexity index is 1260. The first-order chi connectivity index (χ1) is 19.3. The summed E-state index contributed by atoms with van der Waals surface area (Å²) >= 11 is 0. The third-order valence-electron chi connectivity index (χ3n) is 8.55. The number of hydrogen-bond acceptors (Lipinski definition) is 4. The van der Waals surface area contributed by atoms with Crippen molar-refractivity contribution in [3.05, 3.63) is 70.8 Å². The third kappa shape index (κ3) is 7.11. The number of rotatable bonds is 9. The molecule has 4 aliphatic rings. The zero-order chi connectivity index (χ0) is 28.1. The van der Waals surface area contributed by atoms with E-state index in [-0.39, 0.29) is 23.7 Å². The van der Waals surface area contributed by atoms with Crippen molar-refractivity contribution in [2.75, 3.05) is 0 Å². The lowest BCUT2D eigenvalue weighted by molar-refractivity contribution is -0.138. The summed E-state index contributed by atoms with van der Waals surface area (Å²) in [5, 5.41) is 8.53. The number of urea groups is 1. The maximum atomic E-state index is 13.1. The number of nitrogens with one attached hydrogen (secondary N) is 3. The number of guanidine groups is 2. The van der Waals surface area contributed by atoms with Gasteiger partial charge >= 0.3 is 6.03 Å². The van der Waals surface area contributed by atoms with Crippen molar-refractivity contribution in [3.63, 3.8) is 0 Å². The minimum atomic E-state index is -0.447. The number of hydrogen-bond donors (Lipinski definition) is 6. The van der Waals surface area contributed by atoms with E-state index in [1.165, 1.54) is 32.1 Å². The standard InChI is InChI=1S/C30H40N8O2/c31-28(32)35-15-19-4-2-6-21(8-19)17-37-30(40)38-29(33)36-16-20-5-1-3-18(7-20)14-34-27(39)26-24-10-22-9-23(12-24)13-25(26)11-22/h1-8,22-26H,9-17H2,(H,34,39)(H4,31,32,35)(H4,33,36,37,38,40). The van der Waals surface area contributed by atoms with Gasteiger partial charge in [-0.25, -0.2) is 14.8 Å².